The molecule has 4 unspecified atom stereocenters. The van der Waals surface area contributed by atoms with Crippen molar-refractivity contribution in [3.8, 4) is 0 Å². The van der Waals surface area contributed by atoms with Crippen molar-refractivity contribution < 1.29 is 14.6 Å². The molecule has 140 valence electrons. The number of hydrogen-bond donors (Lipinski definition) is 1. The van der Waals surface area contributed by atoms with Crippen LogP contribution in [-0.2, 0) is 9.47 Å². The van der Waals surface area contributed by atoms with E-state index in [4.69, 9.17) is 9.47 Å². The molecule has 5 aliphatic rings. The van der Waals surface area contributed by atoms with Gasteiger partial charge in [-0.2, -0.15) is 0 Å². The van der Waals surface area contributed by atoms with Crippen molar-refractivity contribution in [3.05, 3.63) is 11.6 Å². The maximum Gasteiger partial charge on any atom is 0.174 e. The molecule has 1 aliphatic heterocycles. The molecule has 0 radical (unpaired) electrons. The summed E-state index contributed by atoms with van der Waals surface area (Å²) >= 11 is 0. The SMILES string of the molecule is C[C@H]1CC[C@@]2(C)C(=CC(O)C3C2CC[C@@]2(C)C3CCC23OCCO3)C1. The van der Waals surface area contributed by atoms with Gasteiger partial charge >= 0.3 is 0 Å². The van der Waals surface area contributed by atoms with Crippen molar-refractivity contribution in [2.45, 2.75) is 77.6 Å². The molecule has 1 spiro atoms. The minimum atomic E-state index is -0.367. The fraction of sp³-hybridized carbons (Fsp3) is 0.909. The van der Waals surface area contributed by atoms with E-state index in [9.17, 15) is 5.11 Å². The fourth-order valence-corrected chi connectivity index (χ4v) is 7.72. The predicted molar refractivity (Wildman–Crippen MR) is 96.9 cm³/mol. The molecule has 0 amide bonds. The van der Waals surface area contributed by atoms with Gasteiger partial charge in [-0.1, -0.05) is 32.4 Å². The quantitative estimate of drug-likeness (QED) is 0.665. The number of aliphatic hydroxyl groups is 1. The maximum atomic E-state index is 11.2. The van der Waals surface area contributed by atoms with Crippen LogP contribution >= 0.6 is 0 Å². The number of aliphatic hydroxyl groups excluding tert-OH is 1. The number of ether oxygens (including phenoxy) is 2. The van der Waals surface area contributed by atoms with Crippen molar-refractivity contribution in [1.29, 1.82) is 0 Å². The zero-order chi connectivity index (χ0) is 17.4. The van der Waals surface area contributed by atoms with Crippen molar-refractivity contribution in [2.75, 3.05) is 13.2 Å². The molecular formula is C22H34O3. The van der Waals surface area contributed by atoms with Crippen LogP contribution < -0.4 is 0 Å². The van der Waals surface area contributed by atoms with Gasteiger partial charge in [0.2, 0.25) is 0 Å². The molecule has 0 aromatic heterocycles. The third-order valence-electron chi connectivity index (χ3n) is 9.17. The maximum absolute atomic E-state index is 11.2. The highest BCUT2D eigenvalue weighted by Gasteiger charge is 2.67. The summed E-state index contributed by atoms with van der Waals surface area (Å²) in [4.78, 5) is 0. The molecule has 1 N–H and O–H groups in total. The van der Waals surface area contributed by atoms with Crippen LogP contribution in [0.1, 0.15) is 65.7 Å². The van der Waals surface area contributed by atoms with Crippen LogP contribution in [0.4, 0.5) is 0 Å². The molecule has 25 heavy (non-hydrogen) atoms. The summed E-state index contributed by atoms with van der Waals surface area (Å²) in [7, 11) is 0. The van der Waals surface area contributed by atoms with Crippen LogP contribution in [-0.4, -0.2) is 30.2 Å². The number of rotatable bonds is 0. The summed E-state index contributed by atoms with van der Waals surface area (Å²) in [5.41, 5.74) is 1.94. The summed E-state index contributed by atoms with van der Waals surface area (Å²) in [6.45, 7) is 8.73. The molecule has 4 aliphatic carbocycles. The Balaban J connectivity index is 1.53. The van der Waals surface area contributed by atoms with E-state index in [-0.39, 0.29) is 17.3 Å². The Hall–Kier alpha value is -0.380. The van der Waals surface area contributed by atoms with Crippen molar-refractivity contribution in [1.82, 2.24) is 0 Å². The van der Waals surface area contributed by atoms with Gasteiger partial charge in [-0.25, -0.2) is 0 Å². The standard InChI is InChI=1S/C22H34O3/c1-14-4-7-20(2)15(12-14)13-18(23)19-16(20)5-8-21(3)17(19)6-9-22(21)24-10-11-25-22/h13-14,16-19,23H,4-12H2,1-3H3/t14-,16?,17?,18?,19?,20-,21-/m0/s1. The van der Waals surface area contributed by atoms with Gasteiger partial charge in [-0.3, -0.25) is 0 Å². The molecule has 4 fully saturated rings. The molecule has 1 saturated heterocycles. The second kappa shape index (κ2) is 5.33. The van der Waals surface area contributed by atoms with Gasteiger partial charge in [0, 0.05) is 11.8 Å². The fourth-order valence-electron chi connectivity index (χ4n) is 7.72. The third kappa shape index (κ3) is 2.04. The van der Waals surface area contributed by atoms with Crippen LogP contribution in [0.25, 0.3) is 0 Å². The van der Waals surface area contributed by atoms with E-state index in [1.807, 2.05) is 0 Å². The smallest absolute Gasteiger partial charge is 0.174 e. The van der Waals surface area contributed by atoms with Crippen LogP contribution in [0.15, 0.2) is 11.6 Å². The van der Waals surface area contributed by atoms with Crippen molar-refractivity contribution in [2.24, 2.45) is 34.5 Å². The van der Waals surface area contributed by atoms with E-state index in [1.165, 1.54) is 32.1 Å². The molecule has 7 atom stereocenters. The first-order valence-corrected chi connectivity index (χ1v) is 10.6. The van der Waals surface area contributed by atoms with Crippen LogP contribution in [0, 0.1) is 34.5 Å². The molecule has 0 bridgehead atoms. The average molecular weight is 347 g/mol. The predicted octanol–water partition coefficient (Wildman–Crippen LogP) is 4.30. The van der Waals surface area contributed by atoms with E-state index < -0.39 is 0 Å². The monoisotopic (exact) mass is 346 g/mol. The van der Waals surface area contributed by atoms with Gasteiger partial charge in [0.25, 0.3) is 0 Å². The molecule has 3 nitrogen and oxygen atoms in total. The Morgan fingerprint density at radius 1 is 1.00 bits per heavy atom. The zero-order valence-corrected chi connectivity index (χ0v) is 16.1. The van der Waals surface area contributed by atoms with Gasteiger partial charge < -0.3 is 14.6 Å². The number of fused-ring (bicyclic) bond motifs is 6. The summed E-state index contributed by atoms with van der Waals surface area (Å²) in [6.07, 6.45) is 10.4. The third-order valence-corrected chi connectivity index (χ3v) is 9.17. The Morgan fingerprint density at radius 2 is 1.72 bits per heavy atom. The highest BCUT2D eigenvalue weighted by Crippen LogP contribution is 2.68. The van der Waals surface area contributed by atoms with Gasteiger partial charge in [0.1, 0.15) is 0 Å². The first kappa shape index (κ1) is 16.8. The summed E-state index contributed by atoms with van der Waals surface area (Å²) in [5, 5.41) is 11.2. The molecular weight excluding hydrogens is 312 g/mol. The van der Waals surface area contributed by atoms with E-state index in [2.05, 4.69) is 26.8 Å². The van der Waals surface area contributed by atoms with Crippen LogP contribution in [0.3, 0.4) is 0 Å². The first-order valence-electron chi connectivity index (χ1n) is 10.6. The van der Waals surface area contributed by atoms with Gasteiger partial charge in [0.15, 0.2) is 5.79 Å². The number of hydrogen-bond acceptors (Lipinski definition) is 3. The zero-order valence-electron chi connectivity index (χ0n) is 16.1. The number of allylic oxidation sites excluding steroid dienone is 1. The second-order valence-electron chi connectivity index (χ2n) is 10.2. The molecule has 3 heteroatoms. The molecule has 3 saturated carbocycles. The second-order valence-corrected chi connectivity index (χ2v) is 10.2. The summed E-state index contributed by atoms with van der Waals surface area (Å²) < 4.78 is 12.4. The Morgan fingerprint density at radius 3 is 2.48 bits per heavy atom. The molecule has 5 rings (SSSR count). The van der Waals surface area contributed by atoms with Gasteiger partial charge in [-0.15, -0.1) is 0 Å². The lowest BCUT2D eigenvalue weighted by atomic mass is 9.46. The minimum absolute atomic E-state index is 0.0648. The van der Waals surface area contributed by atoms with E-state index in [0.29, 0.717) is 23.2 Å². The van der Waals surface area contributed by atoms with Crippen LogP contribution in [0.5, 0.6) is 0 Å². The van der Waals surface area contributed by atoms with Gasteiger partial charge in [-0.05, 0) is 67.6 Å². The molecule has 0 aromatic rings. The topological polar surface area (TPSA) is 38.7 Å². The normalized spacial score (nSPS) is 53.9. The lowest BCUT2D eigenvalue weighted by Crippen LogP contribution is -2.57. The summed E-state index contributed by atoms with van der Waals surface area (Å²) in [6, 6.07) is 0. The lowest BCUT2D eigenvalue weighted by molar-refractivity contribution is -0.246. The minimum Gasteiger partial charge on any atom is -0.389 e. The molecule has 0 aromatic carbocycles. The van der Waals surface area contributed by atoms with Crippen molar-refractivity contribution in [3.63, 3.8) is 0 Å². The van der Waals surface area contributed by atoms with Gasteiger partial charge in [0.05, 0.1) is 19.3 Å². The Labute approximate surface area is 152 Å². The van der Waals surface area contributed by atoms with E-state index in [0.717, 1.165) is 32.0 Å². The average Bonchev–Trinajstić information content (AvgIpc) is 3.17. The van der Waals surface area contributed by atoms with Crippen LogP contribution in [0.2, 0.25) is 0 Å². The molecule has 1 heterocycles. The highest BCUT2D eigenvalue weighted by atomic mass is 16.7. The lowest BCUT2D eigenvalue weighted by Gasteiger charge is -2.59. The highest BCUT2D eigenvalue weighted by molar-refractivity contribution is 5.28. The summed E-state index contributed by atoms with van der Waals surface area (Å²) in [5.74, 6) is 1.94. The first-order chi connectivity index (χ1) is 11.9. The van der Waals surface area contributed by atoms with E-state index >= 15 is 0 Å². The largest absolute Gasteiger partial charge is 0.389 e. The Kier molecular flexibility index (Phi) is 3.57. The Bertz CT molecular complexity index is 592. The van der Waals surface area contributed by atoms with Crippen molar-refractivity contribution >= 4 is 0 Å². The van der Waals surface area contributed by atoms with E-state index in [1.54, 1.807) is 5.57 Å².